The molecule has 2 aromatic rings. The van der Waals surface area contributed by atoms with E-state index in [1.165, 1.54) is 25.4 Å². The van der Waals surface area contributed by atoms with Crippen LogP contribution in [0.3, 0.4) is 0 Å². The predicted molar refractivity (Wildman–Crippen MR) is 80.0 cm³/mol. The van der Waals surface area contributed by atoms with Crippen LogP contribution in [0.25, 0.3) is 0 Å². The number of hydrogen-bond acceptors (Lipinski definition) is 6. The van der Waals surface area contributed by atoms with Crippen LogP contribution >= 0.6 is 11.6 Å². The lowest BCUT2D eigenvalue weighted by Crippen LogP contribution is -2.15. The summed E-state index contributed by atoms with van der Waals surface area (Å²) in [7, 11) is -2.54. The number of anilines is 2. The topological polar surface area (TPSA) is 107 Å². The third kappa shape index (κ3) is 3.34. The van der Waals surface area contributed by atoms with Gasteiger partial charge in [0.05, 0.1) is 7.11 Å². The first-order chi connectivity index (χ1) is 9.83. The molecule has 21 heavy (non-hydrogen) atoms. The Kier molecular flexibility index (Phi) is 4.19. The third-order valence-electron chi connectivity index (χ3n) is 2.71. The summed E-state index contributed by atoms with van der Waals surface area (Å²) in [5.74, 6) is 0.241. The lowest BCUT2D eigenvalue weighted by molar-refractivity contribution is 0.402. The van der Waals surface area contributed by atoms with Crippen LogP contribution in [-0.4, -0.2) is 25.5 Å². The molecule has 0 spiro atoms. The fourth-order valence-electron chi connectivity index (χ4n) is 1.63. The Labute approximate surface area is 127 Å². The number of sulfonamides is 1. The van der Waals surface area contributed by atoms with Crippen LogP contribution in [0.4, 0.5) is 11.5 Å². The lowest BCUT2D eigenvalue weighted by atomic mass is 10.2. The molecule has 0 atom stereocenters. The number of benzene rings is 1. The molecule has 0 fully saturated rings. The number of ether oxygens (including phenoxy) is 1. The fraction of sp³-hybridized carbons (Fsp3) is 0.167. The van der Waals surface area contributed by atoms with Gasteiger partial charge in [-0.1, -0.05) is 0 Å². The van der Waals surface area contributed by atoms with Gasteiger partial charge in [0.15, 0.2) is 0 Å². The molecule has 9 heteroatoms. The first-order valence-corrected chi connectivity index (χ1v) is 7.65. The molecule has 3 N–H and O–H groups in total. The van der Waals surface area contributed by atoms with Gasteiger partial charge in [0, 0.05) is 11.9 Å². The molecule has 1 aromatic heterocycles. The van der Waals surface area contributed by atoms with E-state index in [4.69, 9.17) is 22.1 Å². The van der Waals surface area contributed by atoms with Crippen molar-refractivity contribution in [2.45, 2.75) is 11.8 Å². The van der Waals surface area contributed by atoms with E-state index in [1.807, 2.05) is 0 Å². The van der Waals surface area contributed by atoms with E-state index in [-0.39, 0.29) is 21.7 Å². The summed E-state index contributed by atoms with van der Waals surface area (Å²) in [4.78, 5) is 7.37. The highest BCUT2D eigenvalue weighted by Crippen LogP contribution is 2.30. The molecule has 2 rings (SSSR count). The minimum Gasteiger partial charge on any atom is -0.495 e. The Morgan fingerprint density at radius 2 is 2.10 bits per heavy atom. The van der Waals surface area contributed by atoms with Crippen molar-refractivity contribution in [1.82, 2.24) is 9.97 Å². The summed E-state index contributed by atoms with van der Waals surface area (Å²) < 4.78 is 32.2. The summed E-state index contributed by atoms with van der Waals surface area (Å²) >= 11 is 5.62. The molecular formula is C12H13ClN4O3S. The quantitative estimate of drug-likeness (QED) is 0.655. The average molecular weight is 329 g/mol. The van der Waals surface area contributed by atoms with Crippen molar-refractivity contribution in [3.8, 4) is 5.75 Å². The lowest BCUT2D eigenvalue weighted by Gasteiger charge is -2.13. The zero-order chi connectivity index (χ0) is 15.6. The number of nitrogen functional groups attached to an aromatic ring is 1. The van der Waals surface area contributed by atoms with Crippen LogP contribution < -0.4 is 15.2 Å². The van der Waals surface area contributed by atoms with E-state index >= 15 is 0 Å². The molecular weight excluding hydrogens is 316 g/mol. The smallest absolute Gasteiger partial charge is 0.266 e. The maximum Gasteiger partial charge on any atom is 0.266 e. The number of nitrogens with one attached hydrogen (secondary N) is 1. The minimum absolute atomic E-state index is 0.0520. The Balaban J connectivity index is 2.47. The molecule has 7 nitrogen and oxygen atoms in total. The number of aromatic nitrogens is 2. The van der Waals surface area contributed by atoms with Crippen molar-refractivity contribution in [2.75, 3.05) is 17.6 Å². The minimum atomic E-state index is -3.92. The second-order valence-electron chi connectivity index (χ2n) is 4.18. The van der Waals surface area contributed by atoms with Crippen LogP contribution in [0.5, 0.6) is 5.75 Å². The molecule has 0 amide bonds. The Bertz CT molecular complexity index is 780. The zero-order valence-corrected chi connectivity index (χ0v) is 12.9. The second kappa shape index (κ2) is 5.74. The van der Waals surface area contributed by atoms with Crippen LogP contribution in [0.1, 0.15) is 5.56 Å². The summed E-state index contributed by atoms with van der Waals surface area (Å²) in [5, 5.41) is -0.0643. The number of methoxy groups -OCH3 is 1. The number of rotatable bonds is 4. The molecule has 1 heterocycles. The molecule has 0 saturated carbocycles. The van der Waals surface area contributed by atoms with Gasteiger partial charge in [0.25, 0.3) is 10.0 Å². The maximum atomic E-state index is 12.4. The van der Waals surface area contributed by atoms with Gasteiger partial charge in [-0.05, 0) is 42.3 Å². The monoisotopic (exact) mass is 328 g/mol. The number of halogens is 1. The fourth-order valence-corrected chi connectivity index (χ4v) is 2.97. The van der Waals surface area contributed by atoms with Crippen molar-refractivity contribution in [1.29, 1.82) is 0 Å². The third-order valence-corrected chi connectivity index (χ3v) is 4.26. The molecule has 0 radical (unpaired) electrons. The van der Waals surface area contributed by atoms with Crippen LogP contribution in [-0.2, 0) is 10.0 Å². The van der Waals surface area contributed by atoms with Crippen LogP contribution in [0.15, 0.2) is 29.3 Å². The van der Waals surface area contributed by atoms with Gasteiger partial charge in [0.2, 0.25) is 5.28 Å². The zero-order valence-electron chi connectivity index (χ0n) is 11.3. The standard InChI is InChI=1S/C12H13ClN4O3S/c1-7-5-9(20-2)10(6-8(7)14)21(18,19)17-11-3-4-15-12(13)16-11/h3-6H,14H2,1-2H3,(H,15,16,17). The number of nitrogens with two attached hydrogens (primary N) is 1. The molecule has 0 bridgehead atoms. The largest absolute Gasteiger partial charge is 0.495 e. The highest BCUT2D eigenvalue weighted by molar-refractivity contribution is 7.92. The average Bonchev–Trinajstić information content (AvgIpc) is 2.40. The molecule has 1 aromatic carbocycles. The van der Waals surface area contributed by atoms with E-state index in [9.17, 15) is 8.42 Å². The molecule has 0 saturated heterocycles. The van der Waals surface area contributed by atoms with Gasteiger partial charge >= 0.3 is 0 Å². The second-order valence-corrected chi connectivity index (χ2v) is 6.16. The Morgan fingerprint density at radius 3 is 2.71 bits per heavy atom. The van der Waals surface area contributed by atoms with Crippen LogP contribution in [0.2, 0.25) is 5.28 Å². The van der Waals surface area contributed by atoms with E-state index in [0.717, 1.165) is 5.56 Å². The molecule has 0 aliphatic rings. The highest BCUT2D eigenvalue weighted by Gasteiger charge is 2.21. The van der Waals surface area contributed by atoms with Gasteiger partial charge in [-0.2, -0.15) is 4.98 Å². The first kappa shape index (κ1) is 15.3. The Hall–Kier alpha value is -2.06. The van der Waals surface area contributed by atoms with E-state index < -0.39 is 10.0 Å². The molecule has 0 unspecified atom stereocenters. The number of aryl methyl sites for hydroxylation is 1. The summed E-state index contributed by atoms with van der Waals surface area (Å²) in [6.07, 6.45) is 1.34. The van der Waals surface area contributed by atoms with Gasteiger partial charge in [-0.25, -0.2) is 13.4 Å². The maximum absolute atomic E-state index is 12.4. The number of nitrogens with zero attached hydrogens (tertiary/aromatic N) is 2. The van der Waals surface area contributed by atoms with Crippen molar-refractivity contribution in [2.24, 2.45) is 0 Å². The summed E-state index contributed by atoms with van der Waals surface area (Å²) in [6, 6.07) is 4.27. The molecule has 0 aliphatic heterocycles. The van der Waals surface area contributed by atoms with Gasteiger partial charge in [0.1, 0.15) is 16.5 Å². The number of hydrogen-bond donors (Lipinski definition) is 2. The SMILES string of the molecule is COc1cc(C)c(N)cc1S(=O)(=O)Nc1ccnc(Cl)n1. The van der Waals surface area contributed by atoms with E-state index in [2.05, 4.69) is 14.7 Å². The normalized spacial score (nSPS) is 11.2. The molecule has 112 valence electrons. The van der Waals surface area contributed by atoms with Crippen molar-refractivity contribution in [3.63, 3.8) is 0 Å². The van der Waals surface area contributed by atoms with Gasteiger partial charge in [-0.15, -0.1) is 0 Å². The summed E-state index contributed by atoms with van der Waals surface area (Å²) in [5.41, 5.74) is 6.83. The van der Waals surface area contributed by atoms with E-state index in [1.54, 1.807) is 13.0 Å². The van der Waals surface area contributed by atoms with E-state index in [0.29, 0.717) is 5.69 Å². The summed E-state index contributed by atoms with van der Waals surface area (Å²) in [6.45, 7) is 1.76. The van der Waals surface area contributed by atoms with Crippen molar-refractivity contribution < 1.29 is 13.2 Å². The first-order valence-electron chi connectivity index (χ1n) is 5.79. The van der Waals surface area contributed by atoms with Gasteiger partial charge in [-0.3, -0.25) is 4.72 Å². The Morgan fingerprint density at radius 1 is 1.38 bits per heavy atom. The highest BCUT2D eigenvalue weighted by atomic mass is 35.5. The molecule has 0 aliphatic carbocycles. The predicted octanol–water partition coefficient (Wildman–Crippen LogP) is 1.83. The van der Waals surface area contributed by atoms with Crippen LogP contribution in [0, 0.1) is 6.92 Å². The van der Waals surface area contributed by atoms with Crippen molar-refractivity contribution in [3.05, 3.63) is 35.2 Å². The van der Waals surface area contributed by atoms with Crippen molar-refractivity contribution >= 4 is 33.1 Å². The van der Waals surface area contributed by atoms with Gasteiger partial charge < -0.3 is 10.5 Å².